The van der Waals surface area contributed by atoms with Gasteiger partial charge in [0.15, 0.2) is 23.0 Å². The first-order valence-electron chi connectivity index (χ1n) is 16.9. The zero-order chi connectivity index (χ0) is 31.5. The van der Waals surface area contributed by atoms with Crippen LogP contribution < -0.4 is 18.9 Å². The SMILES string of the molecule is CC[C@H]1CN2CCc3cc(OC)c(OC)cc3[C@@H]2C[C@@H]1C[C@@H]1c2cc(OC)c(OC)cc2CCN1CC(O)CN1CCOCC1. The Morgan fingerprint density at radius 2 is 1.38 bits per heavy atom. The van der Waals surface area contributed by atoms with Crippen molar-refractivity contribution in [2.45, 2.75) is 57.2 Å². The van der Waals surface area contributed by atoms with Crippen LogP contribution in [0.25, 0.3) is 0 Å². The third-order valence-corrected chi connectivity index (χ3v) is 11.0. The summed E-state index contributed by atoms with van der Waals surface area (Å²) in [6, 6.07) is 9.39. The van der Waals surface area contributed by atoms with Crippen molar-refractivity contribution in [3.8, 4) is 23.0 Å². The summed E-state index contributed by atoms with van der Waals surface area (Å²) in [5.74, 6) is 4.36. The molecule has 2 saturated heterocycles. The number of methoxy groups -OCH3 is 4. The summed E-state index contributed by atoms with van der Waals surface area (Å²) in [6.45, 7) is 10.1. The monoisotopic (exact) mass is 623 g/mol. The molecule has 9 nitrogen and oxygen atoms in total. The van der Waals surface area contributed by atoms with Gasteiger partial charge >= 0.3 is 0 Å². The molecule has 4 aliphatic heterocycles. The maximum Gasteiger partial charge on any atom is 0.161 e. The van der Waals surface area contributed by atoms with Gasteiger partial charge in [-0.05, 0) is 84.0 Å². The molecule has 9 heteroatoms. The van der Waals surface area contributed by atoms with Crippen molar-refractivity contribution in [1.29, 1.82) is 0 Å². The first kappa shape index (κ1) is 32.4. The van der Waals surface area contributed by atoms with Crippen LogP contribution in [-0.2, 0) is 17.6 Å². The van der Waals surface area contributed by atoms with E-state index in [2.05, 4.69) is 45.9 Å². The minimum Gasteiger partial charge on any atom is -0.493 e. The van der Waals surface area contributed by atoms with E-state index in [0.29, 0.717) is 31.0 Å². The maximum absolute atomic E-state index is 11.4. The molecular weight excluding hydrogens is 570 g/mol. The van der Waals surface area contributed by atoms with Crippen molar-refractivity contribution >= 4 is 0 Å². The van der Waals surface area contributed by atoms with Crippen LogP contribution in [-0.4, -0.2) is 113 Å². The maximum atomic E-state index is 11.4. The summed E-state index contributed by atoms with van der Waals surface area (Å²) in [7, 11) is 6.88. The molecule has 4 aliphatic rings. The Morgan fingerprint density at radius 3 is 2.02 bits per heavy atom. The van der Waals surface area contributed by atoms with Crippen LogP contribution in [0.1, 0.15) is 60.5 Å². The number of benzene rings is 2. The fourth-order valence-corrected chi connectivity index (χ4v) is 8.53. The first-order chi connectivity index (χ1) is 22.0. The van der Waals surface area contributed by atoms with Crippen molar-refractivity contribution in [1.82, 2.24) is 14.7 Å². The molecule has 1 unspecified atom stereocenters. The Bertz CT molecular complexity index is 1300. The van der Waals surface area contributed by atoms with Gasteiger partial charge in [-0.15, -0.1) is 0 Å². The molecule has 248 valence electrons. The van der Waals surface area contributed by atoms with Gasteiger partial charge in [-0.25, -0.2) is 0 Å². The average molecular weight is 624 g/mol. The lowest BCUT2D eigenvalue weighted by Gasteiger charge is -2.49. The summed E-state index contributed by atoms with van der Waals surface area (Å²) >= 11 is 0. The van der Waals surface area contributed by atoms with E-state index < -0.39 is 6.10 Å². The van der Waals surface area contributed by atoms with Crippen LogP contribution in [0.15, 0.2) is 24.3 Å². The average Bonchev–Trinajstić information content (AvgIpc) is 3.07. The van der Waals surface area contributed by atoms with E-state index >= 15 is 0 Å². The highest BCUT2D eigenvalue weighted by Crippen LogP contribution is 2.49. The minimum atomic E-state index is -0.413. The molecule has 2 aromatic carbocycles. The first-order valence-corrected chi connectivity index (χ1v) is 16.9. The number of nitrogens with zero attached hydrogens (tertiary/aromatic N) is 3. The Labute approximate surface area is 269 Å². The van der Waals surface area contributed by atoms with Crippen LogP contribution in [0, 0.1) is 11.8 Å². The topological polar surface area (TPSA) is 76.1 Å². The molecule has 45 heavy (non-hydrogen) atoms. The molecule has 0 amide bonds. The Kier molecular flexibility index (Phi) is 10.4. The van der Waals surface area contributed by atoms with Crippen molar-refractivity contribution in [2.75, 3.05) is 87.5 Å². The Morgan fingerprint density at radius 1 is 0.778 bits per heavy atom. The molecule has 2 fully saturated rings. The quantitative estimate of drug-likeness (QED) is 0.393. The standard InChI is InChI=1S/C36H53N3O6/c1-6-24-21-38-9-7-25-17-33(41-2)35(43-4)19-29(25)31(38)15-27(24)16-32-30-20-36(44-5)34(42-3)18-26(30)8-10-39(32)23-28(40)22-37-11-13-45-14-12-37/h17-20,24,27-28,31-32,40H,6-16,21-23H2,1-5H3/t24-,27+,28?,31-,32+/m0/s1. The third-order valence-electron chi connectivity index (χ3n) is 11.0. The number of aliphatic hydroxyl groups excluding tert-OH is 1. The van der Waals surface area contributed by atoms with Crippen LogP contribution in [0.4, 0.5) is 0 Å². The van der Waals surface area contributed by atoms with Crippen molar-refractivity contribution in [2.24, 2.45) is 11.8 Å². The van der Waals surface area contributed by atoms with E-state index in [0.717, 1.165) is 101 Å². The predicted octanol–water partition coefficient (Wildman–Crippen LogP) is 4.35. The lowest BCUT2D eigenvalue weighted by atomic mass is 9.72. The van der Waals surface area contributed by atoms with Gasteiger partial charge < -0.3 is 28.8 Å². The summed E-state index contributed by atoms with van der Waals surface area (Å²) in [5.41, 5.74) is 5.44. The van der Waals surface area contributed by atoms with Gasteiger partial charge in [0.05, 0.1) is 47.8 Å². The second kappa shape index (κ2) is 14.5. The van der Waals surface area contributed by atoms with E-state index in [1.54, 1.807) is 28.4 Å². The predicted molar refractivity (Wildman–Crippen MR) is 175 cm³/mol. The van der Waals surface area contributed by atoms with Gasteiger partial charge in [-0.1, -0.05) is 13.3 Å². The molecule has 0 aliphatic carbocycles. The van der Waals surface area contributed by atoms with Crippen molar-refractivity contribution in [3.63, 3.8) is 0 Å². The number of piperidine rings is 1. The van der Waals surface area contributed by atoms with Gasteiger partial charge in [0.1, 0.15) is 0 Å². The highest BCUT2D eigenvalue weighted by molar-refractivity contribution is 5.51. The van der Waals surface area contributed by atoms with E-state index in [1.807, 2.05) is 0 Å². The van der Waals surface area contributed by atoms with Gasteiger partial charge in [0.2, 0.25) is 0 Å². The number of hydrogen-bond donors (Lipinski definition) is 1. The number of ether oxygens (including phenoxy) is 5. The fourth-order valence-electron chi connectivity index (χ4n) is 8.53. The summed E-state index contributed by atoms with van der Waals surface area (Å²) < 4.78 is 28.5. The second-order valence-corrected chi connectivity index (χ2v) is 13.3. The van der Waals surface area contributed by atoms with Gasteiger partial charge in [-0.3, -0.25) is 14.7 Å². The third kappa shape index (κ3) is 6.79. The molecule has 5 atom stereocenters. The van der Waals surface area contributed by atoms with Gasteiger partial charge in [-0.2, -0.15) is 0 Å². The zero-order valence-corrected chi connectivity index (χ0v) is 27.9. The Balaban J connectivity index is 1.29. The lowest BCUT2D eigenvalue weighted by molar-refractivity contribution is -0.00513. The number of hydrogen-bond acceptors (Lipinski definition) is 9. The highest BCUT2D eigenvalue weighted by Gasteiger charge is 2.41. The smallest absolute Gasteiger partial charge is 0.161 e. The molecule has 4 heterocycles. The summed E-state index contributed by atoms with van der Waals surface area (Å²) in [4.78, 5) is 7.61. The minimum absolute atomic E-state index is 0.201. The lowest BCUT2D eigenvalue weighted by Crippen LogP contribution is -2.49. The van der Waals surface area contributed by atoms with Crippen LogP contribution in [0.2, 0.25) is 0 Å². The molecular formula is C36H53N3O6. The Hall–Kier alpha value is -2.56. The molecule has 0 bridgehead atoms. The van der Waals surface area contributed by atoms with Crippen LogP contribution in [0.3, 0.4) is 0 Å². The number of aliphatic hydroxyl groups is 1. The van der Waals surface area contributed by atoms with E-state index in [-0.39, 0.29) is 6.04 Å². The van der Waals surface area contributed by atoms with E-state index in [4.69, 9.17) is 23.7 Å². The number of β-amino-alcohol motifs (C(OH)–C–C–N with tert-alkyl or cyclic N) is 1. The number of rotatable bonds is 11. The molecule has 0 spiro atoms. The number of fused-ring (bicyclic) bond motifs is 4. The van der Waals surface area contributed by atoms with E-state index in [9.17, 15) is 5.11 Å². The fraction of sp³-hybridized carbons (Fsp3) is 0.667. The summed E-state index contributed by atoms with van der Waals surface area (Å²) in [6.07, 6.45) is 4.90. The zero-order valence-electron chi connectivity index (χ0n) is 27.9. The second-order valence-electron chi connectivity index (χ2n) is 13.3. The van der Waals surface area contributed by atoms with Crippen molar-refractivity contribution in [3.05, 3.63) is 46.5 Å². The molecule has 6 rings (SSSR count). The molecule has 1 N–H and O–H groups in total. The van der Waals surface area contributed by atoms with Crippen LogP contribution >= 0.6 is 0 Å². The van der Waals surface area contributed by atoms with Gasteiger partial charge in [0, 0.05) is 57.9 Å². The molecule has 0 saturated carbocycles. The van der Waals surface area contributed by atoms with E-state index in [1.165, 1.54) is 22.3 Å². The molecule has 0 radical (unpaired) electrons. The normalized spacial score (nSPS) is 26.4. The van der Waals surface area contributed by atoms with Gasteiger partial charge in [0.25, 0.3) is 0 Å². The van der Waals surface area contributed by atoms with Crippen molar-refractivity contribution < 1.29 is 28.8 Å². The van der Waals surface area contributed by atoms with Crippen LogP contribution in [0.5, 0.6) is 23.0 Å². The molecule has 0 aromatic heterocycles. The molecule has 2 aromatic rings. The largest absolute Gasteiger partial charge is 0.493 e. The number of morpholine rings is 1. The highest BCUT2D eigenvalue weighted by atomic mass is 16.5. The summed E-state index contributed by atoms with van der Waals surface area (Å²) in [5, 5.41) is 11.4.